The first-order valence-electron chi connectivity index (χ1n) is 7.05. The molecule has 1 aromatic rings. The number of carbonyl (C=O) groups is 1. The molecule has 1 saturated heterocycles. The van der Waals surface area contributed by atoms with Gasteiger partial charge in [0, 0.05) is 26.2 Å². The van der Waals surface area contributed by atoms with Crippen LogP contribution in [0.25, 0.3) is 0 Å². The summed E-state index contributed by atoms with van der Waals surface area (Å²) in [6.45, 7) is 8.40. The molecular formula is C14H21ClN4O2. The zero-order valence-corrected chi connectivity index (χ0v) is 13.4. The van der Waals surface area contributed by atoms with Crippen molar-refractivity contribution in [3.63, 3.8) is 0 Å². The van der Waals surface area contributed by atoms with E-state index in [1.54, 1.807) is 11.1 Å². The molecule has 1 amide bonds. The number of nitrogens with zero attached hydrogens (tertiary/aromatic N) is 4. The summed E-state index contributed by atoms with van der Waals surface area (Å²) < 4.78 is 5.41. The van der Waals surface area contributed by atoms with Crippen LogP contribution in [0.5, 0.6) is 0 Å². The van der Waals surface area contributed by atoms with Crippen LogP contribution >= 0.6 is 11.6 Å². The highest BCUT2D eigenvalue weighted by Crippen LogP contribution is 2.16. The standard InChI is InChI=1S/C14H21ClN4O2/c1-14(2,3)21-13(20)19-6-4-5-18(7-8-19)12-10-16-9-11(15)17-12/h9-10H,4-8H2,1-3H3. The highest BCUT2D eigenvalue weighted by molar-refractivity contribution is 6.29. The fourth-order valence-electron chi connectivity index (χ4n) is 2.14. The Bertz CT molecular complexity index is 504. The molecular weight excluding hydrogens is 292 g/mol. The highest BCUT2D eigenvalue weighted by Gasteiger charge is 2.24. The van der Waals surface area contributed by atoms with Gasteiger partial charge >= 0.3 is 6.09 Å². The number of halogens is 1. The summed E-state index contributed by atoms with van der Waals surface area (Å²) in [5, 5.41) is 0.376. The van der Waals surface area contributed by atoms with E-state index in [1.807, 2.05) is 20.8 Å². The first-order chi connectivity index (χ1) is 9.85. The quantitative estimate of drug-likeness (QED) is 0.797. The Hall–Kier alpha value is -1.56. The average Bonchev–Trinajstić information content (AvgIpc) is 2.62. The van der Waals surface area contributed by atoms with Gasteiger partial charge in [0.25, 0.3) is 0 Å². The molecule has 6 nitrogen and oxygen atoms in total. The molecule has 0 aliphatic carbocycles. The number of anilines is 1. The Morgan fingerprint density at radius 1 is 1.24 bits per heavy atom. The SMILES string of the molecule is CC(C)(C)OC(=O)N1CCCN(c2cncc(Cl)n2)CC1. The lowest BCUT2D eigenvalue weighted by atomic mass is 10.2. The van der Waals surface area contributed by atoms with Gasteiger partial charge in [-0.05, 0) is 27.2 Å². The highest BCUT2D eigenvalue weighted by atomic mass is 35.5. The van der Waals surface area contributed by atoms with Crippen molar-refractivity contribution in [2.75, 3.05) is 31.1 Å². The molecule has 1 aliphatic heterocycles. The average molecular weight is 313 g/mol. The van der Waals surface area contributed by atoms with Gasteiger partial charge in [0.1, 0.15) is 16.6 Å². The van der Waals surface area contributed by atoms with Crippen LogP contribution < -0.4 is 4.90 Å². The topological polar surface area (TPSA) is 58.6 Å². The molecule has 0 radical (unpaired) electrons. The van der Waals surface area contributed by atoms with Crippen molar-refractivity contribution < 1.29 is 9.53 Å². The Balaban J connectivity index is 1.97. The number of ether oxygens (including phenoxy) is 1. The lowest BCUT2D eigenvalue weighted by Gasteiger charge is -2.26. The maximum Gasteiger partial charge on any atom is 0.410 e. The van der Waals surface area contributed by atoms with Crippen LogP contribution in [0.1, 0.15) is 27.2 Å². The fourth-order valence-corrected chi connectivity index (χ4v) is 2.28. The normalized spacial score (nSPS) is 16.6. The molecule has 0 aromatic carbocycles. The van der Waals surface area contributed by atoms with Crippen LogP contribution in [-0.2, 0) is 4.74 Å². The summed E-state index contributed by atoms with van der Waals surface area (Å²) in [6, 6.07) is 0. The Kier molecular flexibility index (Phi) is 4.88. The third-order valence-corrected chi connectivity index (χ3v) is 3.25. The number of carbonyl (C=O) groups excluding carboxylic acids is 1. The predicted octanol–water partition coefficient (Wildman–Crippen LogP) is 2.58. The molecule has 7 heteroatoms. The molecule has 0 spiro atoms. The summed E-state index contributed by atoms with van der Waals surface area (Å²) in [7, 11) is 0. The second kappa shape index (κ2) is 6.47. The number of hydrogen-bond donors (Lipinski definition) is 0. The molecule has 1 fully saturated rings. The predicted molar refractivity (Wildman–Crippen MR) is 81.7 cm³/mol. The summed E-state index contributed by atoms with van der Waals surface area (Å²) in [4.78, 5) is 24.2. The van der Waals surface area contributed by atoms with Gasteiger partial charge in [-0.15, -0.1) is 0 Å². The van der Waals surface area contributed by atoms with Crippen molar-refractivity contribution in [3.05, 3.63) is 17.5 Å². The third kappa shape index (κ3) is 4.74. The van der Waals surface area contributed by atoms with E-state index >= 15 is 0 Å². The van der Waals surface area contributed by atoms with E-state index in [0.717, 1.165) is 18.8 Å². The monoisotopic (exact) mass is 312 g/mol. The maximum atomic E-state index is 12.1. The zero-order chi connectivity index (χ0) is 15.5. The molecule has 2 rings (SSSR count). The van der Waals surface area contributed by atoms with Crippen molar-refractivity contribution in [2.24, 2.45) is 0 Å². The van der Waals surface area contributed by atoms with E-state index < -0.39 is 5.60 Å². The molecule has 1 aromatic heterocycles. The molecule has 0 bridgehead atoms. The number of rotatable bonds is 1. The molecule has 116 valence electrons. The second-order valence-corrected chi connectivity index (χ2v) is 6.40. The van der Waals surface area contributed by atoms with Gasteiger partial charge < -0.3 is 14.5 Å². The van der Waals surface area contributed by atoms with Crippen molar-refractivity contribution in [2.45, 2.75) is 32.8 Å². The van der Waals surface area contributed by atoms with E-state index in [2.05, 4.69) is 14.9 Å². The maximum absolute atomic E-state index is 12.1. The van der Waals surface area contributed by atoms with Crippen LogP contribution in [0.2, 0.25) is 5.15 Å². The van der Waals surface area contributed by atoms with Gasteiger partial charge in [0.15, 0.2) is 0 Å². The molecule has 1 aliphatic rings. The molecule has 21 heavy (non-hydrogen) atoms. The summed E-state index contributed by atoms with van der Waals surface area (Å²) in [6.07, 6.45) is 3.79. The van der Waals surface area contributed by atoms with Crippen LogP contribution in [0.3, 0.4) is 0 Å². The van der Waals surface area contributed by atoms with E-state index in [9.17, 15) is 4.79 Å². The van der Waals surface area contributed by atoms with Gasteiger partial charge in [-0.3, -0.25) is 4.98 Å². The lowest BCUT2D eigenvalue weighted by Crippen LogP contribution is -2.39. The van der Waals surface area contributed by atoms with Gasteiger partial charge in [-0.2, -0.15) is 0 Å². The summed E-state index contributed by atoms with van der Waals surface area (Å²) in [5.74, 6) is 0.744. The Morgan fingerprint density at radius 2 is 2.00 bits per heavy atom. The minimum atomic E-state index is -0.471. The number of hydrogen-bond acceptors (Lipinski definition) is 5. The van der Waals surface area contributed by atoms with Crippen LogP contribution in [0.4, 0.5) is 10.6 Å². The summed E-state index contributed by atoms with van der Waals surface area (Å²) in [5.41, 5.74) is -0.471. The first-order valence-corrected chi connectivity index (χ1v) is 7.43. The fraction of sp³-hybridized carbons (Fsp3) is 0.643. The molecule has 0 unspecified atom stereocenters. The largest absolute Gasteiger partial charge is 0.444 e. The molecule has 0 N–H and O–H groups in total. The van der Waals surface area contributed by atoms with Gasteiger partial charge in [0.05, 0.1) is 12.4 Å². The Morgan fingerprint density at radius 3 is 2.67 bits per heavy atom. The van der Waals surface area contributed by atoms with Crippen molar-refractivity contribution in [1.29, 1.82) is 0 Å². The number of aromatic nitrogens is 2. The number of amides is 1. The second-order valence-electron chi connectivity index (χ2n) is 6.01. The Labute approximate surface area is 130 Å². The van der Waals surface area contributed by atoms with Gasteiger partial charge in [0.2, 0.25) is 0 Å². The molecule has 0 atom stereocenters. The zero-order valence-electron chi connectivity index (χ0n) is 12.7. The van der Waals surface area contributed by atoms with E-state index in [-0.39, 0.29) is 6.09 Å². The van der Waals surface area contributed by atoms with E-state index in [0.29, 0.717) is 24.8 Å². The van der Waals surface area contributed by atoms with Crippen molar-refractivity contribution in [1.82, 2.24) is 14.9 Å². The molecule has 2 heterocycles. The third-order valence-electron chi connectivity index (χ3n) is 3.06. The van der Waals surface area contributed by atoms with Crippen LogP contribution in [0, 0.1) is 0 Å². The van der Waals surface area contributed by atoms with E-state index in [4.69, 9.17) is 16.3 Å². The summed E-state index contributed by atoms with van der Waals surface area (Å²) >= 11 is 5.87. The van der Waals surface area contributed by atoms with E-state index in [1.165, 1.54) is 6.20 Å². The van der Waals surface area contributed by atoms with Crippen molar-refractivity contribution in [3.8, 4) is 0 Å². The van der Waals surface area contributed by atoms with Crippen LogP contribution in [0.15, 0.2) is 12.4 Å². The smallest absolute Gasteiger partial charge is 0.410 e. The first kappa shape index (κ1) is 15.8. The van der Waals surface area contributed by atoms with Gasteiger partial charge in [-0.1, -0.05) is 11.6 Å². The molecule has 0 saturated carbocycles. The van der Waals surface area contributed by atoms with Gasteiger partial charge in [-0.25, -0.2) is 9.78 Å². The van der Waals surface area contributed by atoms with Crippen LogP contribution in [-0.4, -0.2) is 52.7 Å². The minimum Gasteiger partial charge on any atom is -0.444 e. The van der Waals surface area contributed by atoms with Crippen molar-refractivity contribution >= 4 is 23.5 Å². The minimum absolute atomic E-state index is 0.262. The lowest BCUT2D eigenvalue weighted by molar-refractivity contribution is 0.0263.